The van der Waals surface area contributed by atoms with Crippen LogP contribution < -0.4 is 5.32 Å². The molecule has 1 aliphatic rings. The second-order valence-corrected chi connectivity index (χ2v) is 6.43. The summed E-state index contributed by atoms with van der Waals surface area (Å²) in [6.07, 6.45) is 3.43. The molecule has 1 rings (SSSR count). The molecule has 122 valence electrons. The molecule has 0 unspecified atom stereocenters. The Bertz CT molecular complexity index is 343. The summed E-state index contributed by atoms with van der Waals surface area (Å²) >= 11 is 0. The first kappa shape index (κ1) is 18.0. The smallest absolute Gasteiger partial charge is 0.306 e. The third-order valence-corrected chi connectivity index (χ3v) is 4.23. The van der Waals surface area contributed by atoms with Crippen LogP contribution in [0, 0.1) is 17.8 Å². The first-order valence-electron chi connectivity index (χ1n) is 8.01. The molecule has 0 aliphatic heterocycles. The predicted octanol–water partition coefficient (Wildman–Crippen LogP) is 1.88. The molecule has 1 fully saturated rings. The summed E-state index contributed by atoms with van der Waals surface area (Å²) in [5.74, 6) is 1.000. The average molecular weight is 299 g/mol. The van der Waals surface area contributed by atoms with Crippen LogP contribution >= 0.6 is 0 Å². The molecular weight excluding hydrogens is 270 g/mol. The molecule has 0 radical (unpaired) electrons. The second kappa shape index (κ2) is 9.03. The highest BCUT2D eigenvalue weighted by molar-refractivity contribution is 5.81. The van der Waals surface area contributed by atoms with Gasteiger partial charge >= 0.3 is 5.97 Å². The lowest BCUT2D eigenvalue weighted by atomic mass is 9.75. The zero-order chi connectivity index (χ0) is 15.8. The Morgan fingerprint density at radius 1 is 1.29 bits per heavy atom. The molecule has 0 saturated heterocycles. The van der Waals surface area contributed by atoms with E-state index in [0.717, 1.165) is 12.8 Å². The Morgan fingerprint density at radius 3 is 2.62 bits per heavy atom. The van der Waals surface area contributed by atoms with E-state index >= 15 is 0 Å². The van der Waals surface area contributed by atoms with Crippen LogP contribution in [0.1, 0.15) is 52.9 Å². The van der Waals surface area contributed by atoms with Crippen molar-refractivity contribution >= 4 is 11.9 Å². The maximum Gasteiger partial charge on any atom is 0.306 e. The van der Waals surface area contributed by atoms with E-state index in [9.17, 15) is 9.59 Å². The Hall–Kier alpha value is -1.10. The number of carbonyl (C=O) groups excluding carboxylic acids is 2. The topological polar surface area (TPSA) is 75.6 Å². The summed E-state index contributed by atoms with van der Waals surface area (Å²) in [5.41, 5.74) is 0. The molecule has 2 N–H and O–H groups in total. The molecule has 0 bridgehead atoms. The van der Waals surface area contributed by atoms with Crippen LogP contribution in [0.5, 0.6) is 0 Å². The molecular formula is C16H29NO4. The zero-order valence-electron chi connectivity index (χ0n) is 13.4. The normalized spacial score (nSPS) is 25.7. The summed E-state index contributed by atoms with van der Waals surface area (Å²) in [4.78, 5) is 23.3. The van der Waals surface area contributed by atoms with Gasteiger partial charge in [-0.2, -0.15) is 0 Å². The molecule has 5 nitrogen and oxygen atoms in total. The standard InChI is InChI=1S/C16H29NO4/c1-11(2)13-5-4-12(3)10-14(13)21-16(20)7-6-15(19)17-8-9-18/h11-14,18H,4-10H2,1-3H3,(H,17,19)/t12-,13+,14-/m1/s1. The summed E-state index contributed by atoms with van der Waals surface area (Å²) < 4.78 is 5.62. The molecule has 21 heavy (non-hydrogen) atoms. The summed E-state index contributed by atoms with van der Waals surface area (Å²) in [6, 6.07) is 0. The Labute approximate surface area is 127 Å². The number of hydrogen-bond acceptors (Lipinski definition) is 4. The lowest BCUT2D eigenvalue weighted by Crippen LogP contribution is -2.36. The van der Waals surface area contributed by atoms with Crippen LogP contribution in [0.2, 0.25) is 0 Å². The number of hydrogen-bond donors (Lipinski definition) is 2. The second-order valence-electron chi connectivity index (χ2n) is 6.43. The third kappa shape index (κ3) is 6.46. The Morgan fingerprint density at radius 2 is 2.00 bits per heavy atom. The first-order chi connectivity index (χ1) is 9.93. The van der Waals surface area contributed by atoms with Crippen LogP contribution in [0.15, 0.2) is 0 Å². The number of ether oxygens (including phenoxy) is 1. The molecule has 0 aromatic rings. The lowest BCUT2D eigenvalue weighted by molar-refractivity contribution is -0.156. The molecule has 1 saturated carbocycles. The van der Waals surface area contributed by atoms with Crippen molar-refractivity contribution in [2.45, 2.75) is 59.0 Å². The van der Waals surface area contributed by atoms with Gasteiger partial charge in [-0.05, 0) is 30.6 Å². The van der Waals surface area contributed by atoms with Crippen LogP contribution in [-0.2, 0) is 14.3 Å². The highest BCUT2D eigenvalue weighted by atomic mass is 16.5. The average Bonchev–Trinajstić information content (AvgIpc) is 2.42. The van der Waals surface area contributed by atoms with Gasteiger partial charge in [-0.3, -0.25) is 9.59 Å². The molecule has 1 amide bonds. The van der Waals surface area contributed by atoms with Gasteiger partial charge in [0.25, 0.3) is 0 Å². The molecule has 0 spiro atoms. The minimum Gasteiger partial charge on any atom is -0.462 e. The third-order valence-electron chi connectivity index (χ3n) is 4.23. The van der Waals surface area contributed by atoms with Crippen LogP contribution in [-0.4, -0.2) is 36.2 Å². The van der Waals surface area contributed by atoms with E-state index in [4.69, 9.17) is 9.84 Å². The molecule has 0 heterocycles. The van der Waals surface area contributed by atoms with E-state index in [-0.39, 0.29) is 44.0 Å². The van der Waals surface area contributed by atoms with E-state index in [1.807, 2.05) is 0 Å². The van der Waals surface area contributed by atoms with E-state index in [1.54, 1.807) is 0 Å². The van der Waals surface area contributed by atoms with Crippen molar-refractivity contribution in [3.8, 4) is 0 Å². The van der Waals surface area contributed by atoms with Gasteiger partial charge in [0.2, 0.25) is 5.91 Å². The van der Waals surface area contributed by atoms with Crippen molar-refractivity contribution < 1.29 is 19.4 Å². The Kier molecular flexibility index (Phi) is 7.72. The van der Waals surface area contributed by atoms with E-state index in [0.29, 0.717) is 17.8 Å². The number of carbonyl (C=O) groups is 2. The molecule has 1 aliphatic carbocycles. The maximum absolute atomic E-state index is 11.9. The fourth-order valence-corrected chi connectivity index (χ4v) is 2.98. The van der Waals surface area contributed by atoms with E-state index < -0.39 is 0 Å². The van der Waals surface area contributed by atoms with E-state index in [1.165, 1.54) is 6.42 Å². The van der Waals surface area contributed by atoms with Crippen LogP contribution in [0.25, 0.3) is 0 Å². The van der Waals surface area contributed by atoms with Gasteiger partial charge in [0.1, 0.15) is 6.10 Å². The van der Waals surface area contributed by atoms with E-state index in [2.05, 4.69) is 26.1 Å². The zero-order valence-corrected chi connectivity index (χ0v) is 13.4. The van der Waals surface area contributed by atoms with Gasteiger partial charge in [0, 0.05) is 13.0 Å². The number of esters is 1. The molecule has 3 atom stereocenters. The van der Waals surface area contributed by atoms with Gasteiger partial charge in [0.15, 0.2) is 0 Å². The van der Waals surface area contributed by atoms with Crippen LogP contribution in [0.3, 0.4) is 0 Å². The molecule has 0 aromatic carbocycles. The summed E-state index contributed by atoms with van der Waals surface area (Å²) in [6.45, 7) is 6.67. The quantitative estimate of drug-likeness (QED) is 0.704. The van der Waals surface area contributed by atoms with Gasteiger partial charge in [-0.25, -0.2) is 0 Å². The van der Waals surface area contributed by atoms with Crippen molar-refractivity contribution in [3.63, 3.8) is 0 Å². The first-order valence-corrected chi connectivity index (χ1v) is 8.01. The SMILES string of the molecule is CC(C)[C@@H]1CC[C@@H](C)C[C@H]1OC(=O)CCC(=O)NCCO. The number of amides is 1. The van der Waals surface area contributed by atoms with Gasteiger partial charge in [0.05, 0.1) is 13.0 Å². The van der Waals surface area contributed by atoms with Crippen molar-refractivity contribution in [3.05, 3.63) is 0 Å². The van der Waals surface area contributed by atoms with Gasteiger partial charge in [-0.1, -0.05) is 27.2 Å². The van der Waals surface area contributed by atoms with Crippen LogP contribution in [0.4, 0.5) is 0 Å². The summed E-state index contributed by atoms with van der Waals surface area (Å²) in [7, 11) is 0. The maximum atomic E-state index is 11.9. The number of nitrogens with one attached hydrogen (secondary N) is 1. The minimum atomic E-state index is -0.293. The van der Waals surface area contributed by atoms with Gasteiger partial charge < -0.3 is 15.2 Å². The van der Waals surface area contributed by atoms with Crippen molar-refractivity contribution in [2.75, 3.05) is 13.2 Å². The lowest BCUT2D eigenvalue weighted by Gasteiger charge is -2.36. The number of rotatable bonds is 7. The molecule has 5 heteroatoms. The Balaban J connectivity index is 2.38. The van der Waals surface area contributed by atoms with Gasteiger partial charge in [-0.15, -0.1) is 0 Å². The highest BCUT2D eigenvalue weighted by Crippen LogP contribution is 2.35. The fraction of sp³-hybridized carbons (Fsp3) is 0.875. The highest BCUT2D eigenvalue weighted by Gasteiger charge is 2.33. The fourth-order valence-electron chi connectivity index (χ4n) is 2.98. The largest absolute Gasteiger partial charge is 0.462 e. The number of aliphatic hydroxyl groups is 1. The minimum absolute atomic E-state index is 0.0123. The van der Waals surface area contributed by atoms with Crippen molar-refractivity contribution in [2.24, 2.45) is 17.8 Å². The number of aliphatic hydroxyl groups excluding tert-OH is 1. The monoisotopic (exact) mass is 299 g/mol. The van der Waals surface area contributed by atoms with Crippen molar-refractivity contribution in [1.29, 1.82) is 0 Å². The summed E-state index contributed by atoms with van der Waals surface area (Å²) in [5, 5.41) is 11.1. The molecule has 0 aromatic heterocycles. The van der Waals surface area contributed by atoms with Crippen molar-refractivity contribution in [1.82, 2.24) is 5.32 Å². The predicted molar refractivity (Wildman–Crippen MR) is 80.6 cm³/mol.